The van der Waals surface area contributed by atoms with Crippen molar-refractivity contribution in [2.75, 3.05) is 14.1 Å². The Kier molecular flexibility index (Phi) is 5.45. The molecule has 5 heteroatoms. The molecule has 0 bridgehead atoms. The topological polar surface area (TPSA) is 56.1 Å². The number of likely N-dealkylation sites (N-methyl/N-ethyl adjacent to an activating group) is 1. The zero-order valence-corrected chi connectivity index (χ0v) is 13.1. The molecule has 0 aromatic heterocycles. The number of nitrogens with one attached hydrogen (secondary N) is 1. The van der Waals surface area contributed by atoms with Crippen LogP contribution in [0.25, 0.3) is 0 Å². The SMILES string of the molecule is CN(C)[C@@H](C(=O)NCc1ccc(C#N)cc1)c1ccc(F)cc1. The van der Waals surface area contributed by atoms with E-state index in [2.05, 4.69) is 11.4 Å². The molecule has 2 rings (SSSR count). The third-order valence-corrected chi connectivity index (χ3v) is 3.50. The molecule has 0 spiro atoms. The Hall–Kier alpha value is -2.71. The van der Waals surface area contributed by atoms with Crippen molar-refractivity contribution < 1.29 is 9.18 Å². The molecule has 0 heterocycles. The first-order valence-corrected chi connectivity index (χ1v) is 7.20. The van der Waals surface area contributed by atoms with Crippen LogP contribution in [0.1, 0.15) is 22.7 Å². The number of halogens is 1. The highest BCUT2D eigenvalue weighted by Crippen LogP contribution is 2.19. The lowest BCUT2D eigenvalue weighted by atomic mass is 10.0. The summed E-state index contributed by atoms with van der Waals surface area (Å²) >= 11 is 0. The van der Waals surface area contributed by atoms with Crippen LogP contribution in [-0.4, -0.2) is 24.9 Å². The second kappa shape index (κ2) is 7.52. The van der Waals surface area contributed by atoms with E-state index in [0.29, 0.717) is 12.1 Å². The Balaban J connectivity index is 2.06. The number of amides is 1. The van der Waals surface area contributed by atoms with E-state index in [1.165, 1.54) is 12.1 Å². The summed E-state index contributed by atoms with van der Waals surface area (Å²) in [6, 6.07) is 14.5. The van der Waals surface area contributed by atoms with E-state index in [1.807, 2.05) is 0 Å². The quantitative estimate of drug-likeness (QED) is 0.923. The van der Waals surface area contributed by atoms with Gasteiger partial charge in [0.05, 0.1) is 11.6 Å². The summed E-state index contributed by atoms with van der Waals surface area (Å²) in [7, 11) is 3.60. The van der Waals surface area contributed by atoms with Gasteiger partial charge in [-0.2, -0.15) is 5.26 Å². The molecule has 0 unspecified atom stereocenters. The van der Waals surface area contributed by atoms with Gasteiger partial charge in [-0.1, -0.05) is 24.3 Å². The molecule has 1 N–H and O–H groups in total. The summed E-state index contributed by atoms with van der Waals surface area (Å²) < 4.78 is 13.0. The lowest BCUT2D eigenvalue weighted by molar-refractivity contribution is -0.125. The second-order valence-corrected chi connectivity index (χ2v) is 5.44. The summed E-state index contributed by atoms with van der Waals surface area (Å²) in [5.41, 5.74) is 2.22. The van der Waals surface area contributed by atoms with E-state index in [9.17, 15) is 9.18 Å². The molecule has 4 nitrogen and oxygen atoms in total. The van der Waals surface area contributed by atoms with Gasteiger partial charge in [0.1, 0.15) is 11.9 Å². The van der Waals surface area contributed by atoms with Gasteiger partial charge < -0.3 is 5.32 Å². The van der Waals surface area contributed by atoms with Crippen molar-refractivity contribution in [2.45, 2.75) is 12.6 Å². The largest absolute Gasteiger partial charge is 0.350 e. The minimum Gasteiger partial charge on any atom is -0.350 e. The average molecular weight is 311 g/mol. The van der Waals surface area contributed by atoms with Crippen LogP contribution in [0.5, 0.6) is 0 Å². The van der Waals surface area contributed by atoms with Crippen molar-refractivity contribution in [3.05, 3.63) is 71.0 Å². The first kappa shape index (κ1) is 16.7. The number of rotatable bonds is 5. The van der Waals surface area contributed by atoms with Gasteiger partial charge >= 0.3 is 0 Å². The summed E-state index contributed by atoms with van der Waals surface area (Å²) in [5, 5.41) is 11.6. The van der Waals surface area contributed by atoms with Gasteiger partial charge in [-0.05, 0) is 49.5 Å². The lowest BCUT2D eigenvalue weighted by Crippen LogP contribution is -2.36. The molecule has 0 saturated carbocycles. The number of benzene rings is 2. The van der Waals surface area contributed by atoms with E-state index in [-0.39, 0.29) is 11.7 Å². The van der Waals surface area contributed by atoms with Crippen LogP contribution < -0.4 is 5.32 Å². The molecule has 0 aliphatic carbocycles. The maximum Gasteiger partial charge on any atom is 0.242 e. The standard InChI is InChI=1S/C18H18FN3O/c1-22(2)17(15-7-9-16(19)10-8-15)18(23)21-12-14-5-3-13(11-20)4-6-14/h3-10,17H,12H2,1-2H3,(H,21,23)/t17-/m1/s1. The highest BCUT2D eigenvalue weighted by Gasteiger charge is 2.22. The third kappa shape index (κ3) is 4.38. The van der Waals surface area contributed by atoms with Gasteiger partial charge in [0.25, 0.3) is 0 Å². The van der Waals surface area contributed by atoms with Crippen molar-refractivity contribution in [1.29, 1.82) is 5.26 Å². The smallest absolute Gasteiger partial charge is 0.242 e. The number of hydrogen-bond acceptors (Lipinski definition) is 3. The molecule has 2 aromatic carbocycles. The van der Waals surface area contributed by atoms with Crippen molar-refractivity contribution in [2.24, 2.45) is 0 Å². The Morgan fingerprint density at radius 1 is 1.17 bits per heavy atom. The molecule has 0 aliphatic heterocycles. The van der Waals surface area contributed by atoms with Gasteiger partial charge in [-0.15, -0.1) is 0 Å². The van der Waals surface area contributed by atoms with Gasteiger partial charge in [0, 0.05) is 6.54 Å². The Labute approximate surface area is 135 Å². The maximum absolute atomic E-state index is 13.0. The van der Waals surface area contributed by atoms with E-state index in [0.717, 1.165) is 11.1 Å². The van der Waals surface area contributed by atoms with Crippen LogP contribution in [0.15, 0.2) is 48.5 Å². The molecule has 0 radical (unpaired) electrons. The first-order valence-electron chi connectivity index (χ1n) is 7.20. The summed E-state index contributed by atoms with van der Waals surface area (Å²) in [4.78, 5) is 14.2. The first-order chi connectivity index (χ1) is 11.0. The number of nitriles is 1. The molecule has 2 aromatic rings. The fourth-order valence-electron chi connectivity index (χ4n) is 2.31. The minimum absolute atomic E-state index is 0.161. The molecule has 1 atom stereocenters. The van der Waals surface area contributed by atoms with Gasteiger partial charge in [-0.3, -0.25) is 9.69 Å². The van der Waals surface area contributed by atoms with Crippen molar-refractivity contribution in [3.8, 4) is 6.07 Å². The van der Waals surface area contributed by atoms with E-state index >= 15 is 0 Å². The molecule has 23 heavy (non-hydrogen) atoms. The lowest BCUT2D eigenvalue weighted by Gasteiger charge is -2.24. The fourth-order valence-corrected chi connectivity index (χ4v) is 2.31. The van der Waals surface area contributed by atoms with Gasteiger partial charge in [0.2, 0.25) is 5.91 Å². The number of carbonyl (C=O) groups is 1. The van der Waals surface area contributed by atoms with Crippen LogP contribution in [-0.2, 0) is 11.3 Å². The predicted molar refractivity (Wildman–Crippen MR) is 85.8 cm³/mol. The third-order valence-electron chi connectivity index (χ3n) is 3.50. The summed E-state index contributed by atoms with van der Waals surface area (Å²) in [6.07, 6.45) is 0. The van der Waals surface area contributed by atoms with E-state index in [4.69, 9.17) is 5.26 Å². The van der Waals surface area contributed by atoms with Crippen LogP contribution in [0.4, 0.5) is 4.39 Å². The average Bonchev–Trinajstić information content (AvgIpc) is 2.55. The molecule has 118 valence electrons. The van der Waals surface area contributed by atoms with Crippen molar-refractivity contribution in [1.82, 2.24) is 10.2 Å². The molecule has 0 saturated heterocycles. The van der Waals surface area contributed by atoms with Crippen LogP contribution in [0, 0.1) is 17.1 Å². The molecule has 1 amide bonds. The highest BCUT2D eigenvalue weighted by atomic mass is 19.1. The monoisotopic (exact) mass is 311 g/mol. The predicted octanol–water partition coefficient (Wildman–Crippen LogP) is 2.62. The van der Waals surface area contributed by atoms with Crippen molar-refractivity contribution in [3.63, 3.8) is 0 Å². The Morgan fingerprint density at radius 3 is 2.30 bits per heavy atom. The number of nitrogens with zero attached hydrogens (tertiary/aromatic N) is 2. The minimum atomic E-state index is -0.492. The van der Waals surface area contributed by atoms with Crippen molar-refractivity contribution >= 4 is 5.91 Å². The van der Waals surface area contributed by atoms with Crippen LogP contribution in [0.3, 0.4) is 0 Å². The zero-order chi connectivity index (χ0) is 16.8. The summed E-state index contributed by atoms with van der Waals surface area (Å²) in [6.45, 7) is 0.371. The normalized spacial score (nSPS) is 11.8. The molecular formula is C18H18FN3O. The zero-order valence-electron chi connectivity index (χ0n) is 13.1. The van der Waals surface area contributed by atoms with Crippen LogP contribution >= 0.6 is 0 Å². The highest BCUT2D eigenvalue weighted by molar-refractivity contribution is 5.83. The molecular weight excluding hydrogens is 293 g/mol. The van der Waals surface area contributed by atoms with Gasteiger partial charge in [0.15, 0.2) is 0 Å². The number of hydrogen-bond donors (Lipinski definition) is 1. The van der Waals surface area contributed by atoms with Crippen LogP contribution in [0.2, 0.25) is 0 Å². The van der Waals surface area contributed by atoms with E-state index in [1.54, 1.807) is 55.4 Å². The Morgan fingerprint density at radius 2 is 1.78 bits per heavy atom. The van der Waals surface area contributed by atoms with E-state index < -0.39 is 6.04 Å². The Bertz CT molecular complexity index is 703. The number of carbonyl (C=O) groups excluding carboxylic acids is 1. The molecule has 0 aliphatic rings. The fraction of sp³-hybridized carbons (Fsp3) is 0.222. The summed E-state index contributed by atoms with van der Waals surface area (Å²) in [5.74, 6) is -0.491. The second-order valence-electron chi connectivity index (χ2n) is 5.44. The molecule has 0 fully saturated rings. The van der Waals surface area contributed by atoms with Gasteiger partial charge in [-0.25, -0.2) is 4.39 Å². The maximum atomic E-state index is 13.0.